The molecule has 1 heterocycles. The van der Waals surface area contributed by atoms with Crippen LogP contribution in [0.2, 0.25) is 0 Å². The summed E-state index contributed by atoms with van der Waals surface area (Å²) in [5, 5.41) is 11.5. The molecule has 13 heavy (non-hydrogen) atoms. The summed E-state index contributed by atoms with van der Waals surface area (Å²) in [4.78, 5) is 11.2. The van der Waals surface area contributed by atoms with Gasteiger partial charge in [-0.05, 0) is 6.42 Å². The molecule has 0 saturated carbocycles. The maximum Gasteiger partial charge on any atom is 0.225 e. The lowest BCUT2D eigenvalue weighted by Crippen LogP contribution is -2.29. The van der Waals surface area contributed by atoms with Gasteiger partial charge in [-0.15, -0.1) is 11.6 Å². The number of carbonyl (C=O) groups is 1. The number of carbonyl (C=O) groups excluding carboxylic acids is 1. The van der Waals surface area contributed by atoms with Gasteiger partial charge in [-0.3, -0.25) is 4.79 Å². The van der Waals surface area contributed by atoms with Gasteiger partial charge in [-0.25, -0.2) is 0 Å². The van der Waals surface area contributed by atoms with Crippen LogP contribution in [0.3, 0.4) is 0 Å². The summed E-state index contributed by atoms with van der Waals surface area (Å²) in [6.45, 7) is 0.863. The average molecular weight is 208 g/mol. The average Bonchev–Trinajstić information content (AvgIpc) is 2.48. The number of ether oxygens (including phenoxy) is 1. The molecular weight excluding hydrogens is 194 g/mol. The Morgan fingerprint density at radius 1 is 1.69 bits per heavy atom. The predicted molar refractivity (Wildman–Crippen MR) is 48.7 cm³/mol. The first kappa shape index (κ1) is 10.8. The van der Waals surface area contributed by atoms with Crippen LogP contribution in [0.5, 0.6) is 0 Å². The second-order valence-corrected chi connectivity index (χ2v) is 3.46. The molecule has 0 aromatic carbocycles. The van der Waals surface area contributed by atoms with Crippen LogP contribution in [0.4, 0.5) is 0 Å². The van der Waals surface area contributed by atoms with Crippen molar-refractivity contribution in [3.63, 3.8) is 0 Å². The molecule has 2 unspecified atom stereocenters. The topological polar surface area (TPSA) is 58.6 Å². The fourth-order valence-electron chi connectivity index (χ4n) is 1.37. The second kappa shape index (κ2) is 5.42. The molecule has 5 heteroatoms. The summed E-state index contributed by atoms with van der Waals surface area (Å²) in [5.74, 6) is 0.284. The van der Waals surface area contributed by atoms with Crippen LogP contribution in [-0.4, -0.2) is 42.8 Å². The van der Waals surface area contributed by atoms with Gasteiger partial charge in [0.25, 0.3) is 0 Å². The van der Waals surface area contributed by atoms with Crippen LogP contribution in [0.15, 0.2) is 0 Å². The minimum absolute atomic E-state index is 0.00224. The Hall–Kier alpha value is -0.320. The van der Waals surface area contributed by atoms with E-state index in [2.05, 4.69) is 5.32 Å². The maximum atomic E-state index is 11.2. The monoisotopic (exact) mass is 207 g/mol. The summed E-state index contributed by atoms with van der Waals surface area (Å²) >= 11 is 5.41. The van der Waals surface area contributed by atoms with Crippen LogP contribution >= 0.6 is 11.6 Å². The number of nitrogens with one attached hydrogen (secondary N) is 1. The normalized spacial score (nSPS) is 27.7. The van der Waals surface area contributed by atoms with Gasteiger partial charge in [0.05, 0.1) is 31.8 Å². The van der Waals surface area contributed by atoms with Crippen molar-refractivity contribution < 1.29 is 14.6 Å². The number of amides is 1. The van der Waals surface area contributed by atoms with Crippen LogP contribution in [-0.2, 0) is 9.53 Å². The molecule has 1 aliphatic heterocycles. The van der Waals surface area contributed by atoms with E-state index in [0.717, 1.165) is 0 Å². The maximum absolute atomic E-state index is 11.2. The third-order valence-corrected chi connectivity index (χ3v) is 2.20. The Labute approximate surface area is 82.2 Å². The van der Waals surface area contributed by atoms with E-state index in [9.17, 15) is 4.79 Å². The highest BCUT2D eigenvalue weighted by Crippen LogP contribution is 2.15. The minimum atomic E-state index is -0.125. The van der Waals surface area contributed by atoms with E-state index in [1.165, 1.54) is 0 Å². The molecule has 1 saturated heterocycles. The summed E-state index contributed by atoms with van der Waals surface area (Å²) in [6, 6.07) is -0.0999. The zero-order valence-electron chi connectivity index (χ0n) is 7.33. The Bertz CT molecular complexity index is 177. The van der Waals surface area contributed by atoms with Crippen molar-refractivity contribution >= 4 is 17.5 Å². The van der Waals surface area contributed by atoms with Crippen LogP contribution in [0.25, 0.3) is 0 Å². The third kappa shape index (κ3) is 3.14. The summed E-state index contributed by atoms with van der Waals surface area (Å²) in [6.07, 6.45) is 0.650. The fraction of sp³-hybridized carbons (Fsp3) is 0.875. The van der Waals surface area contributed by atoms with E-state index in [1.807, 2.05) is 0 Å². The highest BCUT2D eigenvalue weighted by Gasteiger charge is 2.31. The first-order chi connectivity index (χ1) is 6.27. The van der Waals surface area contributed by atoms with E-state index in [-0.39, 0.29) is 24.5 Å². The van der Waals surface area contributed by atoms with Crippen LogP contribution < -0.4 is 5.32 Å². The first-order valence-corrected chi connectivity index (χ1v) is 4.86. The largest absolute Gasteiger partial charge is 0.394 e. The second-order valence-electron chi connectivity index (χ2n) is 3.08. The number of halogens is 1. The molecule has 0 spiro atoms. The number of aliphatic hydroxyl groups is 1. The standard InChI is InChI=1S/C8H14ClNO3/c9-1-2-13-5-6-3-7(4-11)10-8(6)12/h6-7,11H,1-5H2,(H,10,12). The summed E-state index contributed by atoms with van der Waals surface area (Å²) in [5.41, 5.74) is 0. The third-order valence-electron chi connectivity index (χ3n) is 2.05. The Balaban J connectivity index is 2.23. The number of rotatable bonds is 5. The van der Waals surface area contributed by atoms with Crippen LogP contribution in [0.1, 0.15) is 6.42 Å². The number of aliphatic hydroxyl groups excluding tert-OH is 1. The van der Waals surface area contributed by atoms with Crippen molar-refractivity contribution in [2.75, 3.05) is 25.7 Å². The van der Waals surface area contributed by atoms with Crippen molar-refractivity contribution in [3.8, 4) is 0 Å². The van der Waals surface area contributed by atoms with E-state index < -0.39 is 0 Å². The van der Waals surface area contributed by atoms with Gasteiger partial charge >= 0.3 is 0 Å². The number of alkyl halides is 1. The Morgan fingerprint density at radius 3 is 3.00 bits per heavy atom. The van der Waals surface area contributed by atoms with Gasteiger partial charge < -0.3 is 15.2 Å². The fourth-order valence-corrected chi connectivity index (χ4v) is 1.48. The van der Waals surface area contributed by atoms with E-state index in [4.69, 9.17) is 21.4 Å². The predicted octanol–water partition coefficient (Wildman–Crippen LogP) is -0.261. The molecule has 0 aromatic heterocycles. The van der Waals surface area contributed by atoms with Crippen molar-refractivity contribution in [3.05, 3.63) is 0 Å². The van der Waals surface area contributed by atoms with Crippen molar-refractivity contribution in [2.45, 2.75) is 12.5 Å². The van der Waals surface area contributed by atoms with Gasteiger partial charge in [0, 0.05) is 5.88 Å². The molecule has 1 fully saturated rings. The lowest BCUT2D eigenvalue weighted by atomic mass is 10.1. The molecule has 0 bridgehead atoms. The lowest BCUT2D eigenvalue weighted by molar-refractivity contribution is -0.124. The summed E-state index contributed by atoms with van der Waals surface area (Å²) in [7, 11) is 0. The molecule has 4 nitrogen and oxygen atoms in total. The van der Waals surface area contributed by atoms with Gasteiger partial charge in [-0.2, -0.15) is 0 Å². The molecule has 1 aliphatic rings. The smallest absolute Gasteiger partial charge is 0.225 e. The van der Waals surface area contributed by atoms with Gasteiger partial charge in [0.2, 0.25) is 5.91 Å². The molecular formula is C8H14ClNO3. The highest BCUT2D eigenvalue weighted by atomic mass is 35.5. The molecule has 2 atom stereocenters. The van der Waals surface area contributed by atoms with Gasteiger partial charge in [0.15, 0.2) is 0 Å². The van der Waals surface area contributed by atoms with Crippen molar-refractivity contribution in [2.24, 2.45) is 5.92 Å². The van der Waals surface area contributed by atoms with Gasteiger partial charge in [0.1, 0.15) is 0 Å². The van der Waals surface area contributed by atoms with E-state index in [1.54, 1.807) is 0 Å². The molecule has 0 radical (unpaired) electrons. The van der Waals surface area contributed by atoms with E-state index in [0.29, 0.717) is 25.5 Å². The molecule has 1 amide bonds. The molecule has 0 aliphatic carbocycles. The SMILES string of the molecule is O=C1NC(CO)CC1COCCCl. The molecule has 1 rings (SSSR count). The minimum Gasteiger partial charge on any atom is -0.394 e. The zero-order valence-corrected chi connectivity index (χ0v) is 8.09. The zero-order chi connectivity index (χ0) is 9.68. The van der Waals surface area contributed by atoms with Crippen molar-refractivity contribution in [1.29, 1.82) is 0 Å². The Morgan fingerprint density at radius 2 is 2.46 bits per heavy atom. The molecule has 0 aromatic rings. The quantitative estimate of drug-likeness (QED) is 0.483. The number of hydrogen-bond donors (Lipinski definition) is 2. The molecule has 2 N–H and O–H groups in total. The first-order valence-electron chi connectivity index (χ1n) is 4.33. The van der Waals surface area contributed by atoms with Crippen LogP contribution in [0, 0.1) is 5.92 Å². The molecule has 76 valence electrons. The van der Waals surface area contributed by atoms with Gasteiger partial charge in [-0.1, -0.05) is 0 Å². The lowest BCUT2D eigenvalue weighted by Gasteiger charge is -2.06. The highest BCUT2D eigenvalue weighted by molar-refractivity contribution is 6.17. The Kier molecular flexibility index (Phi) is 4.48. The van der Waals surface area contributed by atoms with E-state index >= 15 is 0 Å². The van der Waals surface area contributed by atoms with Crippen molar-refractivity contribution in [1.82, 2.24) is 5.32 Å². The summed E-state index contributed by atoms with van der Waals surface area (Å²) < 4.78 is 5.16. The number of hydrogen-bond acceptors (Lipinski definition) is 3.